The van der Waals surface area contributed by atoms with Crippen molar-refractivity contribution in [3.8, 4) is 0 Å². The Kier molecular flexibility index (Phi) is 3.69. The first-order valence-corrected chi connectivity index (χ1v) is 4.28. The van der Waals surface area contributed by atoms with Crippen LogP contribution in [-0.4, -0.2) is 30.1 Å². The summed E-state index contributed by atoms with van der Waals surface area (Å²) in [5.41, 5.74) is 0. The van der Waals surface area contributed by atoms with Gasteiger partial charge < -0.3 is 9.84 Å². The number of aliphatic hydroxyl groups excluding tert-OH is 1. The van der Waals surface area contributed by atoms with Crippen LogP contribution in [0.1, 0.15) is 19.3 Å². The molecule has 70 valence electrons. The van der Waals surface area contributed by atoms with Gasteiger partial charge in [0.15, 0.2) is 0 Å². The largest absolute Gasteiger partial charge is 0.393 e. The van der Waals surface area contributed by atoms with Gasteiger partial charge in [0.25, 0.3) is 0 Å². The molecule has 0 aromatic carbocycles. The predicted molar refractivity (Wildman–Crippen MR) is 44.7 cm³/mol. The van der Waals surface area contributed by atoms with E-state index < -0.39 is 12.3 Å². The molecule has 1 saturated carbocycles. The Morgan fingerprint density at radius 1 is 1.58 bits per heavy atom. The van der Waals surface area contributed by atoms with Gasteiger partial charge in [-0.2, -0.15) is 0 Å². The number of hydrogen-bond donors (Lipinski definition) is 1. The maximum Gasteiger partial charge on any atom is 0.129 e. The molecule has 1 aliphatic rings. The Bertz CT molecular complexity index is 149. The monoisotopic (exact) mass is 174 g/mol. The van der Waals surface area contributed by atoms with Crippen LogP contribution in [0.15, 0.2) is 12.7 Å². The summed E-state index contributed by atoms with van der Waals surface area (Å²) in [5, 5.41) is 9.11. The van der Waals surface area contributed by atoms with Crippen molar-refractivity contribution in [3.05, 3.63) is 12.7 Å². The van der Waals surface area contributed by atoms with Gasteiger partial charge in [0.05, 0.1) is 18.8 Å². The lowest BCUT2D eigenvalue weighted by atomic mass is 9.93. The second-order valence-corrected chi connectivity index (χ2v) is 3.14. The number of ether oxygens (including phenoxy) is 1. The quantitative estimate of drug-likeness (QED) is 0.656. The molecule has 0 bridgehead atoms. The van der Waals surface area contributed by atoms with Crippen LogP contribution in [0.4, 0.5) is 4.39 Å². The summed E-state index contributed by atoms with van der Waals surface area (Å²) in [4.78, 5) is 0. The maximum atomic E-state index is 13.1. The minimum Gasteiger partial charge on any atom is -0.393 e. The summed E-state index contributed by atoms with van der Waals surface area (Å²) in [6.45, 7) is 3.88. The van der Waals surface area contributed by atoms with Crippen molar-refractivity contribution in [2.75, 3.05) is 6.61 Å². The Morgan fingerprint density at radius 2 is 2.33 bits per heavy atom. The Labute approximate surface area is 72.0 Å². The van der Waals surface area contributed by atoms with Gasteiger partial charge in [-0.15, -0.1) is 6.58 Å². The lowest BCUT2D eigenvalue weighted by Crippen LogP contribution is -2.35. The highest BCUT2D eigenvalue weighted by atomic mass is 19.1. The molecule has 1 rings (SSSR count). The van der Waals surface area contributed by atoms with E-state index in [1.165, 1.54) is 0 Å². The lowest BCUT2D eigenvalue weighted by molar-refractivity contribution is -0.0451. The first-order chi connectivity index (χ1) is 5.74. The standard InChI is InChI=1S/C9H15FO2/c1-2-5-12-9-4-3-7(11)6-8(9)10/h2,7-9,11H,1,3-6H2. The molecule has 1 N–H and O–H groups in total. The third kappa shape index (κ3) is 2.57. The Morgan fingerprint density at radius 3 is 2.92 bits per heavy atom. The second-order valence-electron chi connectivity index (χ2n) is 3.14. The van der Waals surface area contributed by atoms with Crippen LogP contribution in [0.2, 0.25) is 0 Å². The van der Waals surface area contributed by atoms with Crippen molar-refractivity contribution >= 4 is 0 Å². The van der Waals surface area contributed by atoms with E-state index in [1.54, 1.807) is 6.08 Å². The zero-order valence-electron chi connectivity index (χ0n) is 7.08. The second kappa shape index (κ2) is 4.58. The van der Waals surface area contributed by atoms with Gasteiger partial charge in [-0.05, 0) is 12.8 Å². The average molecular weight is 174 g/mol. The third-order valence-corrected chi connectivity index (χ3v) is 2.11. The molecule has 0 saturated heterocycles. The first kappa shape index (κ1) is 9.68. The molecule has 0 spiro atoms. The SMILES string of the molecule is C=CCOC1CCC(O)CC1F. The van der Waals surface area contributed by atoms with E-state index in [0.717, 1.165) is 0 Å². The van der Waals surface area contributed by atoms with E-state index in [2.05, 4.69) is 6.58 Å². The van der Waals surface area contributed by atoms with Crippen LogP contribution < -0.4 is 0 Å². The smallest absolute Gasteiger partial charge is 0.129 e. The Balaban J connectivity index is 2.29. The van der Waals surface area contributed by atoms with Gasteiger partial charge >= 0.3 is 0 Å². The highest BCUT2D eigenvalue weighted by Gasteiger charge is 2.29. The predicted octanol–water partition coefficient (Wildman–Crippen LogP) is 1.44. The normalized spacial score (nSPS) is 36.3. The summed E-state index contributed by atoms with van der Waals surface area (Å²) in [5.74, 6) is 0. The molecule has 0 amide bonds. The van der Waals surface area contributed by atoms with Crippen molar-refractivity contribution in [1.29, 1.82) is 0 Å². The summed E-state index contributed by atoms with van der Waals surface area (Å²) in [7, 11) is 0. The molecule has 0 radical (unpaired) electrons. The molecule has 0 aromatic rings. The zero-order chi connectivity index (χ0) is 8.97. The molecular weight excluding hydrogens is 159 g/mol. The summed E-state index contributed by atoms with van der Waals surface area (Å²) >= 11 is 0. The molecule has 1 fully saturated rings. The minimum atomic E-state index is -1.02. The fourth-order valence-corrected chi connectivity index (χ4v) is 1.45. The van der Waals surface area contributed by atoms with Gasteiger partial charge in [0.1, 0.15) is 6.17 Å². The highest BCUT2D eigenvalue weighted by Crippen LogP contribution is 2.24. The van der Waals surface area contributed by atoms with E-state index >= 15 is 0 Å². The molecule has 0 aromatic heterocycles. The molecule has 1 aliphatic carbocycles. The number of hydrogen-bond acceptors (Lipinski definition) is 2. The van der Waals surface area contributed by atoms with Crippen LogP contribution in [0.25, 0.3) is 0 Å². The molecule has 3 unspecified atom stereocenters. The van der Waals surface area contributed by atoms with Crippen molar-refractivity contribution in [1.82, 2.24) is 0 Å². The summed E-state index contributed by atoms with van der Waals surface area (Å²) < 4.78 is 18.3. The number of halogens is 1. The third-order valence-electron chi connectivity index (χ3n) is 2.11. The van der Waals surface area contributed by atoms with Gasteiger partial charge in [-0.25, -0.2) is 4.39 Å². The first-order valence-electron chi connectivity index (χ1n) is 4.28. The van der Waals surface area contributed by atoms with Crippen molar-refractivity contribution in [3.63, 3.8) is 0 Å². The van der Waals surface area contributed by atoms with E-state index in [4.69, 9.17) is 9.84 Å². The Hall–Kier alpha value is -0.410. The molecule has 3 atom stereocenters. The number of aliphatic hydroxyl groups is 1. The van der Waals surface area contributed by atoms with Crippen LogP contribution >= 0.6 is 0 Å². The molecule has 0 aliphatic heterocycles. The van der Waals surface area contributed by atoms with Crippen LogP contribution in [-0.2, 0) is 4.74 Å². The van der Waals surface area contributed by atoms with E-state index in [-0.39, 0.29) is 12.5 Å². The van der Waals surface area contributed by atoms with Crippen molar-refractivity contribution in [2.45, 2.75) is 37.6 Å². The number of rotatable bonds is 3. The van der Waals surface area contributed by atoms with Gasteiger partial charge in [-0.3, -0.25) is 0 Å². The fourth-order valence-electron chi connectivity index (χ4n) is 1.45. The fraction of sp³-hybridized carbons (Fsp3) is 0.778. The van der Waals surface area contributed by atoms with Gasteiger partial charge in [-0.1, -0.05) is 6.08 Å². The topological polar surface area (TPSA) is 29.5 Å². The van der Waals surface area contributed by atoms with Crippen molar-refractivity contribution in [2.24, 2.45) is 0 Å². The average Bonchev–Trinajstić information content (AvgIpc) is 2.03. The lowest BCUT2D eigenvalue weighted by Gasteiger charge is -2.28. The van der Waals surface area contributed by atoms with E-state index in [9.17, 15) is 4.39 Å². The van der Waals surface area contributed by atoms with Crippen LogP contribution in [0.5, 0.6) is 0 Å². The van der Waals surface area contributed by atoms with Crippen molar-refractivity contribution < 1.29 is 14.2 Å². The van der Waals surface area contributed by atoms with Gasteiger partial charge in [0, 0.05) is 6.42 Å². The molecule has 12 heavy (non-hydrogen) atoms. The van der Waals surface area contributed by atoms with E-state index in [0.29, 0.717) is 19.4 Å². The molecule has 2 nitrogen and oxygen atoms in total. The molecule has 0 heterocycles. The summed E-state index contributed by atoms with van der Waals surface area (Å²) in [6.07, 6.45) is 1.22. The maximum absolute atomic E-state index is 13.1. The van der Waals surface area contributed by atoms with E-state index in [1.807, 2.05) is 0 Å². The zero-order valence-corrected chi connectivity index (χ0v) is 7.08. The molecule has 3 heteroatoms. The minimum absolute atomic E-state index is 0.210. The molecular formula is C9H15FO2. The van der Waals surface area contributed by atoms with Gasteiger partial charge in [0.2, 0.25) is 0 Å². The highest BCUT2D eigenvalue weighted by molar-refractivity contribution is 4.81. The summed E-state index contributed by atoms with van der Waals surface area (Å²) in [6, 6.07) is 0. The van der Waals surface area contributed by atoms with Crippen LogP contribution in [0.3, 0.4) is 0 Å². The van der Waals surface area contributed by atoms with Crippen LogP contribution in [0, 0.1) is 0 Å². The number of alkyl halides is 1.